The van der Waals surface area contributed by atoms with Gasteiger partial charge >= 0.3 is 0 Å². The van der Waals surface area contributed by atoms with Crippen molar-refractivity contribution in [3.05, 3.63) is 77.9 Å². The summed E-state index contributed by atoms with van der Waals surface area (Å²) in [6, 6.07) is 10.6. The van der Waals surface area contributed by atoms with Gasteiger partial charge in [-0.15, -0.1) is 15.3 Å². The zero-order chi connectivity index (χ0) is 19.7. The van der Waals surface area contributed by atoms with Crippen molar-refractivity contribution in [2.75, 3.05) is 5.32 Å². The van der Waals surface area contributed by atoms with E-state index in [0.717, 1.165) is 0 Å². The third-order valence-electron chi connectivity index (χ3n) is 3.72. The summed E-state index contributed by atoms with van der Waals surface area (Å²) < 4.78 is 46.5. The minimum absolute atomic E-state index is 0.201. The second-order valence-corrected chi connectivity index (χ2v) is 5.64. The van der Waals surface area contributed by atoms with Gasteiger partial charge in [-0.05, 0) is 30.3 Å². The highest BCUT2D eigenvalue weighted by atomic mass is 19.2. The van der Waals surface area contributed by atoms with E-state index in [9.17, 15) is 18.0 Å². The highest BCUT2D eigenvalue weighted by Gasteiger charge is 2.13. The molecule has 2 aromatic heterocycles. The Hall–Kier alpha value is -3.95. The minimum Gasteiger partial charge on any atom is -0.438 e. The van der Waals surface area contributed by atoms with Crippen molar-refractivity contribution in [1.29, 1.82) is 0 Å². The summed E-state index contributed by atoms with van der Waals surface area (Å²) in [6.45, 7) is 0. The van der Waals surface area contributed by atoms with Gasteiger partial charge in [0.25, 0.3) is 5.91 Å². The van der Waals surface area contributed by atoms with Crippen molar-refractivity contribution in [3.63, 3.8) is 0 Å². The van der Waals surface area contributed by atoms with Gasteiger partial charge in [0.15, 0.2) is 23.1 Å². The summed E-state index contributed by atoms with van der Waals surface area (Å²) in [5, 5.41) is 14.0. The number of nitrogens with one attached hydrogen (secondary N) is 1. The molecule has 2 heterocycles. The standard InChI is InChI=1S/C18H10F3N5O2/c19-13-7-11(8-14(20)17(13)21)23-18(27)10-1-3-12(4-2-10)28-16-6-5-15-24-22-9-26(15)25-16/h1-9H,(H,23,27). The fraction of sp³-hybridized carbons (Fsp3) is 0. The summed E-state index contributed by atoms with van der Waals surface area (Å²) in [5.74, 6) is -4.30. The fourth-order valence-corrected chi connectivity index (χ4v) is 2.39. The van der Waals surface area contributed by atoms with E-state index < -0.39 is 23.4 Å². The summed E-state index contributed by atoms with van der Waals surface area (Å²) in [4.78, 5) is 12.2. The number of hydrogen-bond acceptors (Lipinski definition) is 5. The minimum atomic E-state index is -1.60. The van der Waals surface area contributed by atoms with Crippen molar-refractivity contribution in [2.45, 2.75) is 0 Å². The van der Waals surface area contributed by atoms with Crippen molar-refractivity contribution >= 4 is 17.2 Å². The molecule has 0 aliphatic carbocycles. The monoisotopic (exact) mass is 385 g/mol. The molecule has 0 bridgehead atoms. The highest BCUT2D eigenvalue weighted by molar-refractivity contribution is 6.04. The van der Waals surface area contributed by atoms with Crippen molar-refractivity contribution < 1.29 is 22.7 Å². The Balaban J connectivity index is 1.47. The predicted octanol–water partition coefficient (Wildman–Crippen LogP) is 3.59. The van der Waals surface area contributed by atoms with E-state index in [-0.39, 0.29) is 11.3 Å². The number of carbonyl (C=O) groups excluding carboxylic acids is 1. The maximum atomic E-state index is 13.2. The smallest absolute Gasteiger partial charge is 0.255 e. The second-order valence-electron chi connectivity index (χ2n) is 5.64. The number of carbonyl (C=O) groups is 1. The number of amides is 1. The number of anilines is 1. The van der Waals surface area contributed by atoms with Crippen molar-refractivity contribution in [2.24, 2.45) is 0 Å². The van der Waals surface area contributed by atoms with E-state index in [2.05, 4.69) is 20.6 Å². The van der Waals surface area contributed by atoms with Crippen molar-refractivity contribution in [1.82, 2.24) is 19.8 Å². The summed E-state index contributed by atoms with van der Waals surface area (Å²) in [7, 11) is 0. The Morgan fingerprint density at radius 3 is 2.43 bits per heavy atom. The number of fused-ring (bicyclic) bond motifs is 1. The van der Waals surface area contributed by atoms with Crippen LogP contribution in [0.2, 0.25) is 0 Å². The van der Waals surface area contributed by atoms with E-state index >= 15 is 0 Å². The molecule has 140 valence electrons. The van der Waals surface area contributed by atoms with Crippen LogP contribution < -0.4 is 10.1 Å². The zero-order valence-corrected chi connectivity index (χ0v) is 13.9. The van der Waals surface area contributed by atoms with Gasteiger partial charge in [-0.25, -0.2) is 13.2 Å². The first-order valence-corrected chi connectivity index (χ1v) is 7.90. The number of benzene rings is 2. The molecule has 4 aromatic rings. The summed E-state index contributed by atoms with van der Waals surface area (Å²) in [6.07, 6.45) is 1.43. The molecule has 28 heavy (non-hydrogen) atoms. The molecule has 0 saturated heterocycles. The van der Waals surface area contributed by atoms with E-state index in [4.69, 9.17) is 4.74 Å². The normalized spacial score (nSPS) is 10.8. The van der Waals surface area contributed by atoms with Crippen LogP contribution in [0, 0.1) is 17.5 Å². The van der Waals surface area contributed by atoms with Gasteiger partial charge in [-0.1, -0.05) is 0 Å². The molecule has 7 nitrogen and oxygen atoms in total. The lowest BCUT2D eigenvalue weighted by Crippen LogP contribution is -2.12. The maximum absolute atomic E-state index is 13.2. The van der Waals surface area contributed by atoms with Gasteiger partial charge in [-0.2, -0.15) is 4.52 Å². The molecule has 0 atom stereocenters. The first-order chi connectivity index (χ1) is 13.5. The molecule has 0 saturated carbocycles. The van der Waals surface area contributed by atoms with Gasteiger partial charge in [0.1, 0.15) is 12.1 Å². The zero-order valence-electron chi connectivity index (χ0n) is 13.9. The van der Waals surface area contributed by atoms with Crippen LogP contribution in [-0.4, -0.2) is 25.7 Å². The molecule has 0 spiro atoms. The Bertz CT molecular complexity index is 1150. The number of aromatic nitrogens is 4. The number of ether oxygens (including phenoxy) is 1. The number of halogens is 3. The van der Waals surface area contributed by atoms with E-state index in [0.29, 0.717) is 29.4 Å². The van der Waals surface area contributed by atoms with E-state index in [1.165, 1.54) is 35.1 Å². The average molecular weight is 385 g/mol. The van der Waals surface area contributed by atoms with Crippen LogP contribution in [0.5, 0.6) is 11.6 Å². The van der Waals surface area contributed by atoms with Crippen LogP contribution in [0.3, 0.4) is 0 Å². The van der Waals surface area contributed by atoms with Crippen LogP contribution in [0.15, 0.2) is 54.9 Å². The molecular formula is C18H10F3N5O2. The average Bonchev–Trinajstić information content (AvgIpc) is 3.14. The Labute approximate surface area is 155 Å². The number of rotatable bonds is 4. The largest absolute Gasteiger partial charge is 0.438 e. The summed E-state index contributed by atoms with van der Waals surface area (Å²) >= 11 is 0. The highest BCUT2D eigenvalue weighted by Crippen LogP contribution is 2.21. The number of nitrogens with zero attached hydrogens (tertiary/aromatic N) is 4. The maximum Gasteiger partial charge on any atom is 0.255 e. The molecule has 0 aliphatic heterocycles. The van der Waals surface area contributed by atoms with Gasteiger partial charge in [0, 0.05) is 29.4 Å². The topological polar surface area (TPSA) is 81.4 Å². The molecule has 1 amide bonds. The Kier molecular flexibility index (Phi) is 4.36. The third-order valence-corrected chi connectivity index (χ3v) is 3.72. The molecule has 10 heteroatoms. The van der Waals surface area contributed by atoms with Crippen molar-refractivity contribution in [3.8, 4) is 11.6 Å². The first kappa shape index (κ1) is 17.5. The summed E-state index contributed by atoms with van der Waals surface area (Å²) in [5.41, 5.74) is 0.570. The van der Waals surface area contributed by atoms with E-state index in [1.54, 1.807) is 12.1 Å². The second kappa shape index (κ2) is 6.99. The number of hydrogen-bond donors (Lipinski definition) is 1. The van der Waals surface area contributed by atoms with E-state index in [1.807, 2.05) is 0 Å². The molecule has 1 N–H and O–H groups in total. The van der Waals surface area contributed by atoms with Crippen LogP contribution in [0.4, 0.5) is 18.9 Å². The first-order valence-electron chi connectivity index (χ1n) is 7.90. The molecule has 0 unspecified atom stereocenters. The lowest BCUT2D eigenvalue weighted by molar-refractivity contribution is 0.102. The Morgan fingerprint density at radius 1 is 1.00 bits per heavy atom. The van der Waals surface area contributed by atoms with Crippen LogP contribution in [0.25, 0.3) is 5.65 Å². The van der Waals surface area contributed by atoms with Gasteiger partial charge < -0.3 is 10.1 Å². The fourth-order valence-electron chi connectivity index (χ4n) is 2.39. The quantitative estimate of drug-likeness (QED) is 0.543. The molecule has 0 aliphatic rings. The molecule has 2 aromatic carbocycles. The molecular weight excluding hydrogens is 375 g/mol. The lowest BCUT2D eigenvalue weighted by atomic mass is 10.2. The Morgan fingerprint density at radius 2 is 1.71 bits per heavy atom. The van der Waals surface area contributed by atoms with Crippen LogP contribution in [0.1, 0.15) is 10.4 Å². The third kappa shape index (κ3) is 3.47. The molecule has 0 radical (unpaired) electrons. The lowest BCUT2D eigenvalue weighted by Gasteiger charge is -2.08. The van der Waals surface area contributed by atoms with Gasteiger partial charge in [0.2, 0.25) is 5.88 Å². The SMILES string of the molecule is O=C(Nc1cc(F)c(F)c(F)c1)c1ccc(Oc2ccc3nncn3n2)cc1. The predicted molar refractivity (Wildman–Crippen MR) is 91.6 cm³/mol. The molecule has 4 rings (SSSR count). The molecule has 0 fully saturated rings. The van der Waals surface area contributed by atoms with Crippen LogP contribution in [-0.2, 0) is 0 Å². The van der Waals surface area contributed by atoms with Gasteiger partial charge in [0.05, 0.1) is 0 Å². The van der Waals surface area contributed by atoms with Gasteiger partial charge in [-0.3, -0.25) is 4.79 Å². The van der Waals surface area contributed by atoms with Crippen LogP contribution >= 0.6 is 0 Å².